The minimum Gasteiger partial charge on any atom is -0.456 e. The van der Waals surface area contributed by atoms with Gasteiger partial charge in [-0.25, -0.2) is 0 Å². The molecule has 10 rings (SSSR count). The van der Waals surface area contributed by atoms with E-state index in [1.807, 2.05) is 23.5 Å². The summed E-state index contributed by atoms with van der Waals surface area (Å²) in [5.74, 6) is 0. The van der Waals surface area contributed by atoms with Crippen LogP contribution >= 0.6 is 11.3 Å². The van der Waals surface area contributed by atoms with E-state index < -0.39 is 0 Å². The summed E-state index contributed by atoms with van der Waals surface area (Å²) in [6, 6.07) is 51.0. The summed E-state index contributed by atoms with van der Waals surface area (Å²) in [6.45, 7) is 4.68. The predicted octanol–water partition coefficient (Wildman–Crippen LogP) is 12.9. The molecule has 0 aliphatic heterocycles. The van der Waals surface area contributed by atoms with Gasteiger partial charge in [0.1, 0.15) is 11.2 Å². The molecule has 1 aliphatic carbocycles. The van der Waals surface area contributed by atoms with Gasteiger partial charge in [0.05, 0.1) is 0 Å². The second kappa shape index (κ2) is 9.32. The molecule has 7 aromatic carbocycles. The molecule has 0 saturated heterocycles. The van der Waals surface area contributed by atoms with Crippen molar-refractivity contribution >= 4 is 81.3 Å². The molecule has 2 aromatic heterocycles. The van der Waals surface area contributed by atoms with Crippen LogP contribution in [0.2, 0.25) is 0 Å². The lowest BCUT2D eigenvalue weighted by Crippen LogP contribution is -2.15. The molecule has 0 unspecified atom stereocenters. The Kier molecular flexibility index (Phi) is 5.25. The Hall–Kier alpha value is -5.38. The van der Waals surface area contributed by atoms with Gasteiger partial charge < -0.3 is 9.32 Å². The van der Waals surface area contributed by atoms with Crippen LogP contribution in [-0.4, -0.2) is 0 Å². The van der Waals surface area contributed by atoms with Gasteiger partial charge in [-0.05, 0) is 87.6 Å². The van der Waals surface area contributed by atoms with Crippen LogP contribution < -0.4 is 4.90 Å². The number of fused-ring (bicyclic) bond motifs is 11. The van der Waals surface area contributed by atoms with Gasteiger partial charge >= 0.3 is 0 Å². The van der Waals surface area contributed by atoms with Crippen LogP contribution in [0.25, 0.3) is 64.0 Å². The highest BCUT2D eigenvalue weighted by Gasteiger charge is 2.35. The van der Waals surface area contributed by atoms with E-state index in [1.54, 1.807) is 0 Å². The maximum Gasteiger partial charge on any atom is 0.137 e. The Balaban J connectivity index is 1.24. The van der Waals surface area contributed by atoms with Crippen LogP contribution in [0.1, 0.15) is 25.0 Å². The maximum absolute atomic E-state index is 6.40. The van der Waals surface area contributed by atoms with E-state index >= 15 is 0 Å². The molecular formula is C43H29NOS. The van der Waals surface area contributed by atoms with Gasteiger partial charge in [0.15, 0.2) is 0 Å². The summed E-state index contributed by atoms with van der Waals surface area (Å²) in [4.78, 5) is 2.40. The number of hydrogen-bond donors (Lipinski definition) is 0. The standard InChI is InChI=1S/C43H29NOS/c1-43(2)36-12-6-3-9-30(36)35-24-28(19-21-37(35)43)44(29-18-20-32-31-10-4-7-13-38(31)45-39(32)25-29)27-17-15-26-16-22-41-42(34(26)23-27)33-11-5-8-14-40(33)46-41/h3-25H,1-2H3. The Morgan fingerprint density at radius 1 is 0.500 bits per heavy atom. The highest BCUT2D eigenvalue weighted by molar-refractivity contribution is 7.26. The summed E-state index contributed by atoms with van der Waals surface area (Å²) in [6.07, 6.45) is 0. The van der Waals surface area contributed by atoms with E-state index in [9.17, 15) is 0 Å². The van der Waals surface area contributed by atoms with Gasteiger partial charge in [0.25, 0.3) is 0 Å². The molecule has 0 bridgehead atoms. The second-order valence-corrected chi connectivity index (χ2v) is 14.0. The SMILES string of the molecule is CC1(C)c2ccccc2-c2cc(N(c3ccc4c(c3)oc3ccccc34)c3ccc4ccc5sc6ccccc6c5c4c3)ccc21. The third kappa shape index (κ3) is 3.58. The van der Waals surface area contributed by atoms with E-state index in [0.717, 1.165) is 39.0 Å². The zero-order valence-electron chi connectivity index (χ0n) is 25.5. The predicted molar refractivity (Wildman–Crippen MR) is 196 cm³/mol. The Labute approximate surface area is 270 Å². The Morgan fingerprint density at radius 2 is 1.17 bits per heavy atom. The molecule has 218 valence electrons. The van der Waals surface area contributed by atoms with Gasteiger partial charge in [-0.1, -0.05) is 92.7 Å². The molecule has 0 N–H and O–H groups in total. The van der Waals surface area contributed by atoms with Crippen molar-refractivity contribution in [3.05, 3.63) is 151 Å². The fraction of sp³-hybridized carbons (Fsp3) is 0.0698. The largest absolute Gasteiger partial charge is 0.456 e. The Morgan fingerprint density at radius 3 is 2.11 bits per heavy atom. The lowest BCUT2D eigenvalue weighted by Gasteiger charge is -2.27. The number of furan rings is 1. The molecular weight excluding hydrogens is 579 g/mol. The molecule has 0 amide bonds. The maximum atomic E-state index is 6.40. The van der Waals surface area contributed by atoms with E-state index in [0.29, 0.717) is 0 Å². The molecule has 0 atom stereocenters. The number of rotatable bonds is 3. The highest BCUT2D eigenvalue weighted by atomic mass is 32.1. The summed E-state index contributed by atoms with van der Waals surface area (Å²) in [5, 5.41) is 7.44. The first-order valence-electron chi connectivity index (χ1n) is 15.8. The van der Waals surface area contributed by atoms with E-state index in [1.165, 1.54) is 53.2 Å². The number of thiophene rings is 1. The van der Waals surface area contributed by atoms with Crippen molar-refractivity contribution in [1.82, 2.24) is 0 Å². The monoisotopic (exact) mass is 607 g/mol. The van der Waals surface area contributed by atoms with Gasteiger partial charge in [-0.15, -0.1) is 11.3 Å². The van der Waals surface area contributed by atoms with Crippen LogP contribution in [0.15, 0.2) is 144 Å². The van der Waals surface area contributed by atoms with E-state index in [2.05, 4.69) is 146 Å². The number of benzene rings is 7. The summed E-state index contributed by atoms with van der Waals surface area (Å²) >= 11 is 1.87. The minimum absolute atomic E-state index is 0.0446. The molecule has 0 saturated carbocycles. The molecule has 0 spiro atoms. The first kappa shape index (κ1) is 25.9. The van der Waals surface area contributed by atoms with Crippen molar-refractivity contribution < 1.29 is 4.42 Å². The number of hydrogen-bond acceptors (Lipinski definition) is 3. The summed E-state index contributed by atoms with van der Waals surface area (Å²) < 4.78 is 9.04. The van der Waals surface area contributed by atoms with Crippen LogP contribution in [0, 0.1) is 0 Å². The minimum atomic E-state index is -0.0446. The first-order chi connectivity index (χ1) is 22.5. The van der Waals surface area contributed by atoms with Crippen molar-refractivity contribution in [2.45, 2.75) is 19.3 Å². The molecule has 2 heterocycles. The van der Waals surface area contributed by atoms with Crippen LogP contribution in [-0.2, 0) is 5.41 Å². The summed E-state index contributed by atoms with van der Waals surface area (Å²) in [7, 11) is 0. The van der Waals surface area contributed by atoms with Crippen molar-refractivity contribution in [2.24, 2.45) is 0 Å². The molecule has 46 heavy (non-hydrogen) atoms. The van der Waals surface area contributed by atoms with E-state index in [-0.39, 0.29) is 5.41 Å². The fourth-order valence-corrected chi connectivity index (χ4v) is 8.94. The Bertz CT molecular complexity index is 2690. The van der Waals surface area contributed by atoms with Crippen molar-refractivity contribution in [3.63, 3.8) is 0 Å². The average Bonchev–Trinajstić information content (AvgIpc) is 3.73. The quantitative estimate of drug-likeness (QED) is 0.199. The van der Waals surface area contributed by atoms with Crippen LogP contribution in [0.4, 0.5) is 17.1 Å². The van der Waals surface area contributed by atoms with Crippen molar-refractivity contribution in [3.8, 4) is 11.1 Å². The van der Waals surface area contributed by atoms with E-state index in [4.69, 9.17) is 4.42 Å². The topological polar surface area (TPSA) is 16.4 Å². The number of para-hydroxylation sites is 1. The van der Waals surface area contributed by atoms with Gasteiger partial charge in [-0.2, -0.15) is 0 Å². The number of nitrogens with zero attached hydrogens (tertiary/aromatic N) is 1. The fourth-order valence-electron chi connectivity index (χ4n) is 7.82. The van der Waals surface area contributed by atoms with Gasteiger partial charge in [-0.3, -0.25) is 0 Å². The van der Waals surface area contributed by atoms with Crippen molar-refractivity contribution in [1.29, 1.82) is 0 Å². The highest BCUT2D eigenvalue weighted by Crippen LogP contribution is 2.51. The van der Waals surface area contributed by atoms with Gasteiger partial charge in [0.2, 0.25) is 0 Å². The van der Waals surface area contributed by atoms with Crippen LogP contribution in [0.3, 0.4) is 0 Å². The zero-order chi connectivity index (χ0) is 30.6. The second-order valence-electron chi connectivity index (χ2n) is 13.0. The third-order valence-corrected chi connectivity index (χ3v) is 11.2. The molecule has 9 aromatic rings. The normalized spacial score (nSPS) is 13.6. The molecule has 1 aliphatic rings. The number of anilines is 3. The smallest absolute Gasteiger partial charge is 0.137 e. The summed E-state index contributed by atoms with van der Waals surface area (Å²) in [5.41, 5.74) is 10.5. The van der Waals surface area contributed by atoms with Crippen molar-refractivity contribution in [2.75, 3.05) is 4.90 Å². The average molecular weight is 608 g/mol. The lowest BCUT2D eigenvalue weighted by atomic mass is 9.82. The third-order valence-electron chi connectivity index (χ3n) is 10.0. The molecule has 0 fully saturated rings. The lowest BCUT2D eigenvalue weighted by molar-refractivity contribution is 0.660. The first-order valence-corrected chi connectivity index (χ1v) is 16.7. The molecule has 3 heteroatoms. The van der Waals surface area contributed by atoms with Gasteiger partial charge in [0, 0.05) is 59.5 Å². The molecule has 2 nitrogen and oxygen atoms in total. The molecule has 0 radical (unpaired) electrons. The van der Waals surface area contributed by atoms with Crippen LogP contribution in [0.5, 0.6) is 0 Å². The zero-order valence-corrected chi connectivity index (χ0v) is 26.4.